The number of nitrogens with zero attached hydrogens (tertiary/aromatic N) is 2. The fourth-order valence-corrected chi connectivity index (χ4v) is 4.28. The van der Waals surface area contributed by atoms with E-state index in [-0.39, 0.29) is 16.6 Å². The normalized spacial score (nSPS) is 18.4. The van der Waals surface area contributed by atoms with E-state index in [4.69, 9.17) is 11.6 Å². The Hall–Kier alpha value is -2.62. The molecule has 0 spiro atoms. The first-order chi connectivity index (χ1) is 16.2. The lowest BCUT2D eigenvalue weighted by molar-refractivity contribution is -0.137. The lowest BCUT2D eigenvalue weighted by atomic mass is 10.0. The number of nitrogens with one attached hydrogen (secondary N) is 2. The van der Waals surface area contributed by atoms with Crippen LogP contribution in [0.3, 0.4) is 0 Å². The molecule has 2 aromatic rings. The number of halogens is 4. The second-order valence-corrected chi connectivity index (χ2v) is 9.08. The molecule has 10 heteroatoms. The van der Waals surface area contributed by atoms with Gasteiger partial charge in [0.05, 0.1) is 17.8 Å². The Morgan fingerprint density at radius 2 is 1.71 bits per heavy atom. The highest BCUT2D eigenvalue weighted by atomic mass is 35.5. The molecule has 34 heavy (non-hydrogen) atoms. The Balaban J connectivity index is 1.48. The van der Waals surface area contributed by atoms with E-state index in [1.165, 1.54) is 12.1 Å². The second-order valence-electron chi connectivity index (χ2n) is 8.64. The summed E-state index contributed by atoms with van der Waals surface area (Å²) in [5.41, 5.74) is -0.646. The largest absolute Gasteiger partial charge is 0.418 e. The van der Waals surface area contributed by atoms with Gasteiger partial charge >= 0.3 is 6.18 Å². The van der Waals surface area contributed by atoms with Crippen molar-refractivity contribution in [2.75, 3.05) is 38.0 Å². The van der Waals surface area contributed by atoms with Crippen molar-refractivity contribution in [3.05, 3.63) is 64.7 Å². The fraction of sp³-hybridized carbons (Fsp3) is 0.417. The van der Waals surface area contributed by atoms with Gasteiger partial charge in [0.15, 0.2) is 0 Å². The Morgan fingerprint density at radius 3 is 2.32 bits per heavy atom. The summed E-state index contributed by atoms with van der Waals surface area (Å²) in [4.78, 5) is 29.4. The van der Waals surface area contributed by atoms with E-state index in [1.54, 1.807) is 24.3 Å². The summed E-state index contributed by atoms with van der Waals surface area (Å²) in [6.07, 6.45) is -2.61. The number of alkyl halides is 3. The molecule has 2 amide bonds. The van der Waals surface area contributed by atoms with Gasteiger partial charge in [-0.05, 0) is 36.6 Å². The first-order valence-corrected chi connectivity index (χ1v) is 11.6. The van der Waals surface area contributed by atoms with Gasteiger partial charge in [-0.2, -0.15) is 13.2 Å². The minimum atomic E-state index is -4.66. The van der Waals surface area contributed by atoms with Crippen LogP contribution in [-0.2, 0) is 15.8 Å². The molecule has 1 saturated heterocycles. The molecule has 0 radical (unpaired) electrons. The quantitative estimate of drug-likeness (QED) is 0.612. The highest BCUT2D eigenvalue weighted by Gasteiger charge is 2.36. The summed E-state index contributed by atoms with van der Waals surface area (Å²) in [6, 6.07) is 11.8. The Bertz CT molecular complexity index is 1020. The number of carbonyl (C=O) groups is 2. The number of anilines is 1. The van der Waals surface area contributed by atoms with E-state index < -0.39 is 23.7 Å². The summed E-state index contributed by atoms with van der Waals surface area (Å²) in [5, 5.41) is 5.38. The molecule has 1 aliphatic heterocycles. The smallest absolute Gasteiger partial charge is 0.352 e. The topological polar surface area (TPSA) is 64.7 Å². The van der Waals surface area contributed by atoms with Crippen LogP contribution in [0.1, 0.15) is 30.0 Å². The molecule has 2 aliphatic rings. The SMILES string of the molecule is O=C(CN1CCN([C@@H](C(=O)Nc2ccc(Cl)cc2C(F)(F)F)c2ccccc2)CC1)NC1CC1. The monoisotopic (exact) mass is 494 g/mol. The molecule has 1 heterocycles. The van der Waals surface area contributed by atoms with Crippen molar-refractivity contribution in [1.82, 2.24) is 15.1 Å². The fourth-order valence-electron chi connectivity index (χ4n) is 4.11. The number of carbonyl (C=O) groups excluding carboxylic acids is 2. The minimum Gasteiger partial charge on any atom is -0.352 e. The van der Waals surface area contributed by atoms with Crippen LogP contribution in [0.25, 0.3) is 0 Å². The number of hydrogen-bond donors (Lipinski definition) is 2. The van der Waals surface area contributed by atoms with Crippen molar-refractivity contribution in [3.8, 4) is 0 Å². The predicted molar refractivity (Wildman–Crippen MR) is 123 cm³/mol. The number of amides is 2. The summed E-state index contributed by atoms with van der Waals surface area (Å²) in [5.74, 6) is -0.560. The molecular weight excluding hydrogens is 469 g/mol. The molecule has 1 saturated carbocycles. The summed E-state index contributed by atoms with van der Waals surface area (Å²) < 4.78 is 40.6. The van der Waals surface area contributed by atoms with Crippen LogP contribution in [-0.4, -0.2) is 60.4 Å². The zero-order chi connectivity index (χ0) is 24.3. The van der Waals surface area contributed by atoms with Crippen LogP contribution in [0.5, 0.6) is 0 Å². The third-order valence-corrected chi connectivity index (χ3v) is 6.23. The van der Waals surface area contributed by atoms with Gasteiger partial charge in [0, 0.05) is 37.2 Å². The molecule has 1 aliphatic carbocycles. The first-order valence-electron chi connectivity index (χ1n) is 11.2. The van der Waals surface area contributed by atoms with E-state index in [2.05, 4.69) is 10.6 Å². The van der Waals surface area contributed by atoms with E-state index in [0.717, 1.165) is 18.9 Å². The Kier molecular flexibility index (Phi) is 7.45. The van der Waals surface area contributed by atoms with Gasteiger partial charge in [-0.25, -0.2) is 0 Å². The molecule has 2 aromatic carbocycles. The number of piperazine rings is 1. The van der Waals surface area contributed by atoms with Gasteiger partial charge in [0.25, 0.3) is 0 Å². The number of hydrogen-bond acceptors (Lipinski definition) is 4. The maximum absolute atomic E-state index is 13.5. The summed E-state index contributed by atoms with van der Waals surface area (Å²) in [7, 11) is 0. The zero-order valence-electron chi connectivity index (χ0n) is 18.4. The van der Waals surface area contributed by atoms with Gasteiger partial charge < -0.3 is 10.6 Å². The van der Waals surface area contributed by atoms with Crippen LogP contribution in [0, 0.1) is 0 Å². The van der Waals surface area contributed by atoms with Crippen molar-refractivity contribution in [3.63, 3.8) is 0 Å². The highest BCUT2D eigenvalue weighted by Crippen LogP contribution is 2.37. The number of rotatable bonds is 7. The average molecular weight is 495 g/mol. The lowest BCUT2D eigenvalue weighted by Gasteiger charge is -2.38. The number of benzene rings is 2. The van der Waals surface area contributed by atoms with E-state index >= 15 is 0 Å². The van der Waals surface area contributed by atoms with E-state index in [0.29, 0.717) is 44.3 Å². The third-order valence-electron chi connectivity index (χ3n) is 5.99. The Labute approximate surface area is 201 Å². The van der Waals surface area contributed by atoms with Crippen molar-refractivity contribution >= 4 is 29.1 Å². The van der Waals surface area contributed by atoms with Gasteiger partial charge in [0.2, 0.25) is 11.8 Å². The molecular formula is C24H26ClF3N4O2. The van der Waals surface area contributed by atoms with Gasteiger partial charge in [-0.3, -0.25) is 19.4 Å². The van der Waals surface area contributed by atoms with Gasteiger partial charge in [-0.15, -0.1) is 0 Å². The average Bonchev–Trinajstić information content (AvgIpc) is 3.60. The molecule has 6 nitrogen and oxygen atoms in total. The van der Waals surface area contributed by atoms with Crippen LogP contribution >= 0.6 is 11.6 Å². The summed E-state index contributed by atoms with van der Waals surface area (Å²) >= 11 is 5.77. The van der Waals surface area contributed by atoms with E-state index in [1.807, 2.05) is 15.9 Å². The zero-order valence-corrected chi connectivity index (χ0v) is 19.2. The lowest BCUT2D eigenvalue weighted by Crippen LogP contribution is -2.52. The standard InChI is InChI=1S/C24H26ClF3N4O2/c25-17-6-9-20(19(14-17)24(26,27)28)30-23(34)22(16-4-2-1-3-5-16)32-12-10-31(11-13-32)15-21(33)29-18-7-8-18/h1-6,9,14,18,22H,7-8,10-13,15H2,(H,29,33)(H,30,34)/t22-/m1/s1. The van der Waals surface area contributed by atoms with Crippen molar-refractivity contribution in [1.29, 1.82) is 0 Å². The van der Waals surface area contributed by atoms with Crippen LogP contribution in [0.15, 0.2) is 48.5 Å². The molecule has 0 aromatic heterocycles. The highest BCUT2D eigenvalue weighted by molar-refractivity contribution is 6.30. The van der Waals surface area contributed by atoms with Gasteiger partial charge in [0.1, 0.15) is 6.04 Å². The third kappa shape index (κ3) is 6.28. The maximum atomic E-state index is 13.5. The van der Waals surface area contributed by atoms with Crippen molar-refractivity contribution < 1.29 is 22.8 Å². The molecule has 2 fully saturated rings. The van der Waals surface area contributed by atoms with Crippen LogP contribution in [0.4, 0.5) is 18.9 Å². The minimum absolute atomic E-state index is 0.00396. The first kappa shape index (κ1) is 24.5. The molecule has 4 rings (SSSR count). The van der Waals surface area contributed by atoms with E-state index in [9.17, 15) is 22.8 Å². The van der Waals surface area contributed by atoms with Crippen LogP contribution in [0.2, 0.25) is 5.02 Å². The van der Waals surface area contributed by atoms with Gasteiger partial charge in [-0.1, -0.05) is 41.9 Å². The second kappa shape index (κ2) is 10.3. The maximum Gasteiger partial charge on any atom is 0.418 e. The Morgan fingerprint density at radius 1 is 1.03 bits per heavy atom. The molecule has 182 valence electrons. The molecule has 1 atom stereocenters. The molecule has 2 N–H and O–H groups in total. The molecule has 0 unspecified atom stereocenters. The summed E-state index contributed by atoms with van der Waals surface area (Å²) in [6.45, 7) is 2.44. The van der Waals surface area contributed by atoms with Crippen LogP contribution < -0.4 is 10.6 Å². The van der Waals surface area contributed by atoms with Crippen molar-refractivity contribution in [2.24, 2.45) is 0 Å². The van der Waals surface area contributed by atoms with Crippen molar-refractivity contribution in [2.45, 2.75) is 31.1 Å². The predicted octanol–water partition coefficient (Wildman–Crippen LogP) is 3.93. The molecule has 0 bridgehead atoms.